The van der Waals surface area contributed by atoms with Gasteiger partial charge in [-0.1, -0.05) is 12.1 Å². The van der Waals surface area contributed by atoms with Crippen molar-refractivity contribution in [3.05, 3.63) is 51.6 Å². The third-order valence-electron chi connectivity index (χ3n) is 8.03. The molecule has 6 atom stereocenters. The van der Waals surface area contributed by atoms with Gasteiger partial charge in [-0.2, -0.15) is 5.53 Å². The monoisotopic (exact) mass is 573 g/mol. The first-order chi connectivity index (χ1) is 19.5. The molecule has 1 aliphatic heterocycles. The number of carbonyl (C=O) groups excluding carboxylic acids is 3. The lowest BCUT2D eigenvalue weighted by Gasteiger charge is -2.42. The van der Waals surface area contributed by atoms with Gasteiger partial charge < -0.3 is 39.7 Å². The summed E-state index contributed by atoms with van der Waals surface area (Å²) in [5.74, 6) is 1.52. The van der Waals surface area contributed by atoms with Crippen molar-refractivity contribution in [1.29, 1.82) is 0 Å². The van der Waals surface area contributed by atoms with Gasteiger partial charge in [0.25, 0.3) is 0 Å². The first-order valence-corrected chi connectivity index (χ1v) is 12.9. The predicted molar refractivity (Wildman–Crippen MR) is 138 cm³/mol. The van der Waals surface area contributed by atoms with Gasteiger partial charge in [0.15, 0.2) is 17.9 Å². The molecule has 2 aliphatic carbocycles. The second kappa shape index (κ2) is 10.7. The number of hydrazine groups is 2. The van der Waals surface area contributed by atoms with E-state index in [2.05, 4.69) is 11.0 Å². The van der Waals surface area contributed by atoms with Crippen molar-refractivity contribution in [1.82, 2.24) is 11.0 Å². The van der Waals surface area contributed by atoms with Gasteiger partial charge in [-0.05, 0) is 13.0 Å². The van der Waals surface area contributed by atoms with E-state index in [1.54, 1.807) is 6.92 Å². The standard InChI is InChI=1S/C27H31N3O11/c1-10-22(33)13(29-30-28)6-17(40-10)41-15-8-27(38,16(32)9-31)7-12-19(15)26(37)21-20(24(12)35)23(34)11-4-3-5-14(39-2)18(11)25(21)36/h3-5,10,13,15,17,22,29-31,33,35,37-38H,6-9,28H2,1-2H3/t10?,13?,15-,17?,22?,27-/m0/s1. The van der Waals surface area contributed by atoms with Crippen LogP contribution in [-0.2, 0) is 20.7 Å². The number of Topliss-reactive ketones (excluding diaryl/α,β-unsaturated/α-hetero) is 1. The molecule has 2 aromatic rings. The molecular formula is C27H31N3O11. The van der Waals surface area contributed by atoms with E-state index in [1.807, 2.05) is 0 Å². The lowest BCUT2D eigenvalue weighted by atomic mass is 9.72. The molecular weight excluding hydrogens is 542 g/mol. The lowest BCUT2D eigenvalue weighted by molar-refractivity contribution is -0.250. The van der Waals surface area contributed by atoms with Crippen molar-refractivity contribution in [2.75, 3.05) is 13.7 Å². The van der Waals surface area contributed by atoms with Gasteiger partial charge in [0.05, 0.1) is 48.2 Å². The first kappa shape index (κ1) is 29.0. The first-order valence-electron chi connectivity index (χ1n) is 12.9. The van der Waals surface area contributed by atoms with E-state index < -0.39 is 95.7 Å². The van der Waals surface area contributed by atoms with E-state index in [0.29, 0.717) is 0 Å². The molecule has 5 rings (SSSR count). The number of methoxy groups -OCH3 is 1. The van der Waals surface area contributed by atoms with Crippen LogP contribution in [0.25, 0.3) is 0 Å². The van der Waals surface area contributed by atoms with Crippen LogP contribution >= 0.6 is 0 Å². The van der Waals surface area contributed by atoms with Gasteiger partial charge in [0.2, 0.25) is 5.78 Å². The number of fused-ring (bicyclic) bond motifs is 3. The third kappa shape index (κ3) is 4.58. The largest absolute Gasteiger partial charge is 0.507 e. The second-order valence-corrected chi connectivity index (χ2v) is 10.4. The molecule has 3 aliphatic rings. The molecule has 0 aromatic heterocycles. The SMILES string of the molecule is COc1cccc2c1C(=O)c1c(O)c3c(c(O)c1C2=O)C[C@@](O)(C(=O)CO)C[C@@H]3OC1CC(NNN)C(O)C(C)O1. The fourth-order valence-electron chi connectivity index (χ4n) is 5.97. The highest BCUT2D eigenvalue weighted by atomic mass is 16.7. The average Bonchev–Trinajstić information content (AvgIpc) is 2.95. The molecule has 0 saturated carbocycles. The highest BCUT2D eigenvalue weighted by molar-refractivity contribution is 6.31. The van der Waals surface area contributed by atoms with Crippen LogP contribution in [0.1, 0.15) is 68.8 Å². The molecule has 9 N–H and O–H groups in total. The Morgan fingerprint density at radius 3 is 2.54 bits per heavy atom. The topological polar surface area (TPSA) is 230 Å². The van der Waals surface area contributed by atoms with E-state index in [4.69, 9.17) is 20.1 Å². The number of aliphatic hydroxyl groups excluding tert-OH is 2. The highest BCUT2D eigenvalue weighted by Crippen LogP contribution is 2.52. The quantitative estimate of drug-likeness (QED) is 0.0964. The number of benzene rings is 2. The number of aliphatic hydroxyl groups is 3. The van der Waals surface area contributed by atoms with Crippen LogP contribution in [0.2, 0.25) is 0 Å². The number of hydrogen-bond acceptors (Lipinski definition) is 14. The predicted octanol–water partition coefficient (Wildman–Crippen LogP) is -0.989. The van der Waals surface area contributed by atoms with Crippen molar-refractivity contribution in [3.8, 4) is 17.2 Å². The average molecular weight is 574 g/mol. The minimum absolute atomic E-state index is 0.0214. The second-order valence-electron chi connectivity index (χ2n) is 10.4. The maximum atomic E-state index is 13.7. The number of nitrogens with one attached hydrogen (secondary N) is 2. The number of carbonyl (C=O) groups is 3. The van der Waals surface area contributed by atoms with E-state index >= 15 is 0 Å². The Hall–Kier alpha value is -3.47. The molecule has 1 saturated heterocycles. The van der Waals surface area contributed by atoms with Gasteiger partial charge in [0.1, 0.15) is 29.5 Å². The van der Waals surface area contributed by atoms with Crippen molar-refractivity contribution in [3.63, 3.8) is 0 Å². The maximum Gasteiger partial charge on any atom is 0.202 e. The van der Waals surface area contributed by atoms with Crippen LogP contribution in [0.15, 0.2) is 18.2 Å². The van der Waals surface area contributed by atoms with Crippen LogP contribution in [-0.4, -0.2) is 86.7 Å². The minimum atomic E-state index is -2.26. The zero-order valence-electron chi connectivity index (χ0n) is 22.2. The van der Waals surface area contributed by atoms with Gasteiger partial charge >= 0.3 is 0 Å². The smallest absolute Gasteiger partial charge is 0.202 e. The maximum absolute atomic E-state index is 13.7. The van der Waals surface area contributed by atoms with Crippen LogP contribution in [0.3, 0.4) is 0 Å². The Morgan fingerprint density at radius 2 is 1.88 bits per heavy atom. The fourth-order valence-corrected chi connectivity index (χ4v) is 5.97. The fraction of sp³-hybridized carbons (Fsp3) is 0.444. The molecule has 14 nitrogen and oxygen atoms in total. The summed E-state index contributed by atoms with van der Waals surface area (Å²) in [7, 11) is 1.32. The number of ketones is 3. The zero-order valence-corrected chi connectivity index (χ0v) is 22.2. The molecule has 14 heteroatoms. The van der Waals surface area contributed by atoms with Gasteiger partial charge in [-0.3, -0.25) is 20.2 Å². The molecule has 220 valence electrons. The summed E-state index contributed by atoms with van der Waals surface area (Å²) >= 11 is 0. The van der Waals surface area contributed by atoms with Crippen molar-refractivity contribution >= 4 is 17.3 Å². The molecule has 2 aromatic carbocycles. The summed E-state index contributed by atoms with van der Waals surface area (Å²) in [6.07, 6.45) is -5.24. The summed E-state index contributed by atoms with van der Waals surface area (Å²) in [6.45, 7) is 0.554. The van der Waals surface area contributed by atoms with Gasteiger partial charge in [-0.25, -0.2) is 5.43 Å². The number of ether oxygens (including phenoxy) is 3. The molecule has 4 unspecified atom stereocenters. The number of phenols is 2. The van der Waals surface area contributed by atoms with E-state index in [0.717, 1.165) is 0 Å². The third-order valence-corrected chi connectivity index (χ3v) is 8.03. The molecule has 0 radical (unpaired) electrons. The van der Waals surface area contributed by atoms with E-state index in [1.165, 1.54) is 25.3 Å². The number of hydrogen-bond donors (Lipinski definition) is 8. The molecule has 0 bridgehead atoms. The van der Waals surface area contributed by atoms with Crippen LogP contribution in [0.5, 0.6) is 17.2 Å². The Kier molecular flexibility index (Phi) is 7.61. The lowest BCUT2D eigenvalue weighted by Crippen LogP contribution is -2.59. The molecule has 1 heterocycles. The molecule has 0 spiro atoms. The number of phenolic OH excluding ortho intramolecular Hbond substituents is 2. The van der Waals surface area contributed by atoms with Crippen molar-refractivity contribution in [2.24, 2.45) is 5.84 Å². The minimum Gasteiger partial charge on any atom is -0.507 e. The van der Waals surface area contributed by atoms with Gasteiger partial charge in [0, 0.05) is 36.0 Å². The Labute approximate surface area is 233 Å². The summed E-state index contributed by atoms with van der Waals surface area (Å²) in [5, 5.41) is 54.2. The summed E-state index contributed by atoms with van der Waals surface area (Å²) in [6, 6.07) is 3.71. The highest BCUT2D eigenvalue weighted by Gasteiger charge is 2.50. The summed E-state index contributed by atoms with van der Waals surface area (Å²) < 4.78 is 17.2. The summed E-state index contributed by atoms with van der Waals surface area (Å²) in [4.78, 5) is 39.9. The number of aromatic hydroxyl groups is 2. The number of nitrogens with two attached hydrogens (primary N) is 1. The Bertz CT molecular complexity index is 1430. The molecule has 0 amide bonds. The van der Waals surface area contributed by atoms with Gasteiger partial charge in [-0.15, -0.1) is 0 Å². The normalized spacial score (nSPS) is 29.0. The van der Waals surface area contributed by atoms with Crippen LogP contribution in [0.4, 0.5) is 0 Å². The van der Waals surface area contributed by atoms with Crippen LogP contribution < -0.4 is 21.5 Å². The number of rotatable bonds is 7. The van der Waals surface area contributed by atoms with Crippen LogP contribution in [0, 0.1) is 0 Å². The Balaban J connectivity index is 1.66. The molecule has 41 heavy (non-hydrogen) atoms. The summed E-state index contributed by atoms with van der Waals surface area (Å²) in [5.41, 5.74) is 1.24. The van der Waals surface area contributed by atoms with Crippen molar-refractivity contribution < 1.29 is 54.1 Å². The zero-order chi connectivity index (χ0) is 29.8. The van der Waals surface area contributed by atoms with E-state index in [-0.39, 0.29) is 34.4 Å². The van der Waals surface area contributed by atoms with E-state index in [9.17, 15) is 39.9 Å². The Morgan fingerprint density at radius 1 is 1.17 bits per heavy atom. The van der Waals surface area contributed by atoms with Crippen molar-refractivity contribution in [2.45, 2.75) is 62.4 Å². The molecule has 1 fully saturated rings.